The highest BCUT2D eigenvalue weighted by Crippen LogP contribution is 2.15. The minimum Gasteiger partial charge on any atom is -0.398 e. The first-order valence-electron chi connectivity index (χ1n) is 4.08. The first-order valence-corrected chi connectivity index (χ1v) is 4.08. The number of anilines is 1. The van der Waals surface area contributed by atoms with E-state index in [1.165, 1.54) is 0 Å². The Kier molecular flexibility index (Phi) is 1.72. The molecule has 68 valence electrons. The Labute approximate surface area is 80.1 Å². The van der Waals surface area contributed by atoms with Crippen LogP contribution < -0.4 is 11.1 Å². The fourth-order valence-corrected chi connectivity index (χ4v) is 1.39. The number of nitrogens with two attached hydrogens (primary N) is 1. The molecule has 1 aromatic heterocycles. The molecule has 0 unspecified atom stereocenters. The fraction of sp³-hybridized carbons (Fsp3) is 0. The van der Waals surface area contributed by atoms with Crippen LogP contribution >= 0.6 is 0 Å². The van der Waals surface area contributed by atoms with Gasteiger partial charge in [0.1, 0.15) is 6.07 Å². The van der Waals surface area contributed by atoms with Crippen molar-refractivity contribution in [3.8, 4) is 6.07 Å². The third kappa shape index (κ3) is 1.04. The van der Waals surface area contributed by atoms with Crippen LogP contribution in [-0.2, 0) is 0 Å². The summed E-state index contributed by atoms with van der Waals surface area (Å²) in [6.45, 7) is 0. The zero-order valence-electron chi connectivity index (χ0n) is 7.33. The number of fused-ring (bicyclic) bond motifs is 1. The van der Waals surface area contributed by atoms with Crippen molar-refractivity contribution < 1.29 is 0 Å². The van der Waals surface area contributed by atoms with Crippen molar-refractivity contribution in [2.75, 3.05) is 5.73 Å². The lowest BCUT2D eigenvalue weighted by Gasteiger charge is -1.85. The SMILES string of the molecule is N#Cc1ccc(N)c2c[nH]cc2c1=N. The normalized spacial score (nSPS) is 9.93. The summed E-state index contributed by atoms with van der Waals surface area (Å²) in [5.41, 5.74) is 6.65. The van der Waals surface area contributed by atoms with E-state index >= 15 is 0 Å². The minimum absolute atomic E-state index is 0.209. The van der Waals surface area contributed by atoms with Gasteiger partial charge in [-0.15, -0.1) is 0 Å². The van der Waals surface area contributed by atoms with E-state index in [2.05, 4.69) is 4.98 Å². The van der Waals surface area contributed by atoms with Crippen molar-refractivity contribution in [3.05, 3.63) is 35.4 Å². The fourth-order valence-electron chi connectivity index (χ4n) is 1.39. The van der Waals surface area contributed by atoms with Gasteiger partial charge in [-0.1, -0.05) is 0 Å². The second-order valence-corrected chi connectivity index (χ2v) is 2.97. The molecule has 0 saturated carbocycles. The Balaban J connectivity index is 3.10. The topological polar surface area (TPSA) is 89.4 Å². The van der Waals surface area contributed by atoms with Gasteiger partial charge < -0.3 is 10.7 Å². The van der Waals surface area contributed by atoms with Crippen molar-refractivity contribution in [1.82, 2.24) is 4.98 Å². The third-order valence-corrected chi connectivity index (χ3v) is 2.15. The molecule has 4 N–H and O–H groups in total. The first-order chi connectivity index (χ1) is 6.74. The number of aromatic nitrogens is 1. The molecule has 0 bridgehead atoms. The van der Waals surface area contributed by atoms with Crippen molar-refractivity contribution >= 4 is 16.5 Å². The van der Waals surface area contributed by atoms with Crippen molar-refractivity contribution in [3.63, 3.8) is 0 Å². The number of nitriles is 1. The number of rotatable bonds is 0. The molecule has 4 heteroatoms. The van der Waals surface area contributed by atoms with Crippen LogP contribution in [-0.4, -0.2) is 4.98 Å². The highest BCUT2D eigenvalue weighted by molar-refractivity contribution is 5.91. The number of nitrogen functional groups attached to an aromatic ring is 1. The third-order valence-electron chi connectivity index (χ3n) is 2.15. The average molecular weight is 184 g/mol. The molecule has 0 atom stereocenters. The molecule has 0 radical (unpaired) electrons. The highest BCUT2D eigenvalue weighted by Gasteiger charge is 2.02. The summed E-state index contributed by atoms with van der Waals surface area (Å²) >= 11 is 0. The van der Waals surface area contributed by atoms with E-state index in [9.17, 15) is 0 Å². The van der Waals surface area contributed by atoms with Gasteiger partial charge in [-0.25, -0.2) is 0 Å². The van der Waals surface area contributed by atoms with Gasteiger partial charge in [0, 0.05) is 28.9 Å². The van der Waals surface area contributed by atoms with Crippen LogP contribution in [0.1, 0.15) is 5.56 Å². The Hall–Kier alpha value is -2.28. The van der Waals surface area contributed by atoms with Gasteiger partial charge in [-0.3, -0.25) is 5.41 Å². The van der Waals surface area contributed by atoms with E-state index < -0.39 is 0 Å². The van der Waals surface area contributed by atoms with E-state index in [0.717, 1.165) is 5.39 Å². The molecule has 1 heterocycles. The van der Waals surface area contributed by atoms with Crippen LogP contribution in [0.15, 0.2) is 24.5 Å². The molecule has 14 heavy (non-hydrogen) atoms. The smallest absolute Gasteiger partial charge is 0.101 e. The number of hydrogen-bond donors (Lipinski definition) is 3. The summed E-state index contributed by atoms with van der Waals surface area (Å²) in [5, 5.41) is 18.2. The molecular weight excluding hydrogens is 176 g/mol. The lowest BCUT2D eigenvalue weighted by atomic mass is 10.2. The van der Waals surface area contributed by atoms with Gasteiger partial charge in [0.15, 0.2) is 0 Å². The molecule has 2 aromatic rings. The van der Waals surface area contributed by atoms with Crippen LogP contribution in [0.2, 0.25) is 0 Å². The van der Waals surface area contributed by atoms with E-state index in [1.54, 1.807) is 24.5 Å². The Morgan fingerprint density at radius 2 is 2.00 bits per heavy atom. The summed E-state index contributed by atoms with van der Waals surface area (Å²) in [4.78, 5) is 2.88. The van der Waals surface area contributed by atoms with Gasteiger partial charge in [-0.2, -0.15) is 5.26 Å². The standard InChI is InChI=1S/C10H8N4/c11-3-6-1-2-9(12)7-4-14-5-8(7)10(6)13/h1-2,4-5,13-14H,12H2. The second kappa shape index (κ2) is 2.89. The molecule has 4 nitrogen and oxygen atoms in total. The summed E-state index contributed by atoms with van der Waals surface area (Å²) in [5.74, 6) is 0. The summed E-state index contributed by atoms with van der Waals surface area (Å²) in [7, 11) is 0. The van der Waals surface area contributed by atoms with Crippen LogP contribution in [0.4, 0.5) is 5.69 Å². The molecule has 0 aliphatic heterocycles. The lowest BCUT2D eigenvalue weighted by molar-refractivity contribution is 1.28. The summed E-state index contributed by atoms with van der Waals surface area (Å²) in [6, 6.07) is 5.18. The van der Waals surface area contributed by atoms with Crippen molar-refractivity contribution in [1.29, 1.82) is 10.7 Å². The Bertz CT molecular complexity index is 589. The molecule has 0 amide bonds. The van der Waals surface area contributed by atoms with Crippen LogP contribution in [0.25, 0.3) is 10.8 Å². The van der Waals surface area contributed by atoms with E-state index in [0.29, 0.717) is 16.6 Å². The maximum Gasteiger partial charge on any atom is 0.101 e. The Morgan fingerprint density at radius 1 is 1.29 bits per heavy atom. The predicted molar refractivity (Wildman–Crippen MR) is 53.3 cm³/mol. The van der Waals surface area contributed by atoms with Gasteiger partial charge in [-0.05, 0) is 12.1 Å². The van der Waals surface area contributed by atoms with Crippen LogP contribution in [0.3, 0.4) is 0 Å². The minimum atomic E-state index is 0.209. The zero-order chi connectivity index (χ0) is 10.1. The monoisotopic (exact) mass is 184 g/mol. The highest BCUT2D eigenvalue weighted by atomic mass is 14.7. The molecule has 2 rings (SSSR count). The summed E-state index contributed by atoms with van der Waals surface area (Å²) in [6.07, 6.45) is 3.40. The number of nitrogens with zero attached hydrogens (tertiary/aromatic N) is 1. The maximum atomic E-state index is 8.80. The quantitative estimate of drug-likeness (QED) is 0.572. The van der Waals surface area contributed by atoms with Crippen LogP contribution in [0, 0.1) is 16.7 Å². The predicted octanol–water partition coefficient (Wildman–Crippen LogP) is 1.10. The van der Waals surface area contributed by atoms with E-state index in [-0.39, 0.29) is 5.36 Å². The van der Waals surface area contributed by atoms with Crippen molar-refractivity contribution in [2.24, 2.45) is 0 Å². The van der Waals surface area contributed by atoms with E-state index in [1.807, 2.05) is 6.07 Å². The van der Waals surface area contributed by atoms with Gasteiger partial charge in [0.05, 0.1) is 10.9 Å². The molecule has 0 aliphatic rings. The molecule has 0 spiro atoms. The largest absolute Gasteiger partial charge is 0.398 e. The number of nitrogens with one attached hydrogen (secondary N) is 2. The number of H-pyrrole nitrogens is 1. The lowest BCUT2D eigenvalue weighted by Crippen LogP contribution is -2.01. The average Bonchev–Trinajstić information content (AvgIpc) is 2.62. The first kappa shape index (κ1) is 8.32. The van der Waals surface area contributed by atoms with Crippen molar-refractivity contribution in [2.45, 2.75) is 0 Å². The Morgan fingerprint density at radius 3 is 2.71 bits per heavy atom. The molecular formula is C10H8N4. The van der Waals surface area contributed by atoms with Crippen LogP contribution in [0.5, 0.6) is 0 Å². The zero-order valence-corrected chi connectivity index (χ0v) is 7.33. The van der Waals surface area contributed by atoms with Gasteiger partial charge in [0.2, 0.25) is 0 Å². The number of aromatic amines is 1. The van der Waals surface area contributed by atoms with E-state index in [4.69, 9.17) is 16.4 Å². The van der Waals surface area contributed by atoms with Gasteiger partial charge in [0.25, 0.3) is 0 Å². The molecule has 0 aliphatic carbocycles. The number of hydrogen-bond acceptors (Lipinski definition) is 3. The maximum absolute atomic E-state index is 8.80. The molecule has 0 fully saturated rings. The summed E-state index contributed by atoms with van der Waals surface area (Å²) < 4.78 is 0. The van der Waals surface area contributed by atoms with Gasteiger partial charge >= 0.3 is 0 Å². The second-order valence-electron chi connectivity index (χ2n) is 2.97. The molecule has 1 aromatic carbocycles. The molecule has 0 saturated heterocycles.